The molecule has 1 aliphatic carbocycles. The van der Waals surface area contributed by atoms with Crippen LogP contribution in [-0.2, 0) is 21.6 Å². The van der Waals surface area contributed by atoms with E-state index in [2.05, 4.69) is 0 Å². The van der Waals surface area contributed by atoms with Gasteiger partial charge in [-0.25, -0.2) is 4.79 Å². The van der Waals surface area contributed by atoms with Gasteiger partial charge in [-0.2, -0.15) is 0 Å². The molecule has 0 radical (unpaired) electrons. The van der Waals surface area contributed by atoms with Crippen LogP contribution in [-0.4, -0.2) is 52.8 Å². The topological polar surface area (TPSA) is 87.1 Å². The van der Waals surface area contributed by atoms with Crippen molar-refractivity contribution >= 4 is 23.2 Å². The number of aliphatic hydroxyl groups is 1. The highest BCUT2D eigenvalue weighted by Gasteiger charge is 2.44. The second kappa shape index (κ2) is 7.53. The molecular formula is C20H27NO5S. The third kappa shape index (κ3) is 3.52. The summed E-state index contributed by atoms with van der Waals surface area (Å²) >= 11 is 1.31. The Morgan fingerprint density at radius 3 is 2.59 bits per heavy atom. The van der Waals surface area contributed by atoms with E-state index in [0.717, 1.165) is 42.5 Å². The number of aliphatic hydroxyl groups excluding tert-OH is 1. The minimum Gasteiger partial charge on any atom is -0.477 e. The van der Waals surface area contributed by atoms with Gasteiger partial charge < -0.3 is 19.8 Å². The van der Waals surface area contributed by atoms with Crippen molar-refractivity contribution in [1.82, 2.24) is 4.90 Å². The van der Waals surface area contributed by atoms with Crippen LogP contribution in [0.3, 0.4) is 0 Å². The van der Waals surface area contributed by atoms with Crippen molar-refractivity contribution in [1.29, 1.82) is 0 Å². The Labute approximate surface area is 163 Å². The van der Waals surface area contributed by atoms with Gasteiger partial charge >= 0.3 is 5.97 Å². The molecule has 0 aromatic carbocycles. The summed E-state index contributed by atoms with van der Waals surface area (Å²) < 4.78 is 6.15. The third-order valence-electron chi connectivity index (χ3n) is 6.42. The molecule has 1 spiro atoms. The van der Waals surface area contributed by atoms with Crippen molar-refractivity contribution in [3.8, 4) is 0 Å². The van der Waals surface area contributed by atoms with Gasteiger partial charge in [-0.1, -0.05) is 19.3 Å². The molecule has 4 rings (SSSR count). The highest BCUT2D eigenvalue weighted by molar-refractivity contribution is 7.14. The first kappa shape index (κ1) is 18.9. The van der Waals surface area contributed by atoms with E-state index in [0.29, 0.717) is 37.4 Å². The number of piperidine rings is 1. The maximum Gasteiger partial charge on any atom is 0.345 e. The molecule has 1 saturated carbocycles. The molecular weight excluding hydrogens is 366 g/mol. The summed E-state index contributed by atoms with van der Waals surface area (Å²) in [5.74, 6) is -0.951. The van der Waals surface area contributed by atoms with E-state index >= 15 is 0 Å². The van der Waals surface area contributed by atoms with Gasteiger partial charge in [-0.15, -0.1) is 11.3 Å². The van der Waals surface area contributed by atoms with Crippen molar-refractivity contribution in [3.05, 3.63) is 21.4 Å². The van der Waals surface area contributed by atoms with Gasteiger partial charge in [0.1, 0.15) is 16.6 Å². The van der Waals surface area contributed by atoms with Crippen LogP contribution in [0.5, 0.6) is 0 Å². The molecule has 2 fully saturated rings. The van der Waals surface area contributed by atoms with E-state index < -0.39 is 17.7 Å². The number of hydrogen-bond donors (Lipinski definition) is 2. The molecule has 1 atom stereocenters. The number of thiophene rings is 1. The predicted molar refractivity (Wildman–Crippen MR) is 101 cm³/mol. The van der Waals surface area contributed by atoms with E-state index in [1.165, 1.54) is 17.8 Å². The minimum absolute atomic E-state index is 0.0927. The first-order valence-electron chi connectivity index (χ1n) is 9.97. The molecule has 3 heterocycles. The lowest BCUT2D eigenvalue weighted by atomic mass is 9.83. The Morgan fingerprint density at radius 2 is 1.93 bits per heavy atom. The van der Waals surface area contributed by atoms with Crippen molar-refractivity contribution in [3.63, 3.8) is 0 Å². The van der Waals surface area contributed by atoms with Crippen LogP contribution in [0.1, 0.15) is 65.1 Å². The van der Waals surface area contributed by atoms with Gasteiger partial charge in [0.2, 0.25) is 0 Å². The molecule has 1 saturated heterocycles. The molecule has 3 aliphatic rings. The summed E-state index contributed by atoms with van der Waals surface area (Å²) in [6.07, 6.45) is 6.42. The summed E-state index contributed by atoms with van der Waals surface area (Å²) in [4.78, 5) is 27.3. The lowest BCUT2D eigenvalue weighted by Gasteiger charge is -2.44. The van der Waals surface area contributed by atoms with E-state index in [1.54, 1.807) is 11.0 Å². The third-order valence-corrected chi connectivity index (χ3v) is 7.77. The minimum atomic E-state index is -0.896. The Balaban J connectivity index is 1.44. The number of aromatic carboxylic acids is 1. The molecule has 27 heavy (non-hydrogen) atoms. The van der Waals surface area contributed by atoms with Crippen molar-refractivity contribution in [2.45, 2.75) is 63.1 Å². The number of carbonyl (C=O) groups is 2. The van der Waals surface area contributed by atoms with Crippen molar-refractivity contribution in [2.75, 3.05) is 19.7 Å². The summed E-state index contributed by atoms with van der Waals surface area (Å²) in [7, 11) is 0. The number of likely N-dealkylation sites (tertiary alicyclic amines) is 1. The molecule has 1 aromatic rings. The quantitative estimate of drug-likeness (QED) is 0.825. The van der Waals surface area contributed by atoms with Gasteiger partial charge in [0, 0.05) is 18.0 Å². The first-order chi connectivity index (χ1) is 13.0. The van der Waals surface area contributed by atoms with Crippen LogP contribution in [0, 0.1) is 5.92 Å². The second-order valence-electron chi connectivity index (χ2n) is 8.03. The summed E-state index contributed by atoms with van der Waals surface area (Å²) in [5, 5.41) is 19.8. The maximum atomic E-state index is 12.8. The molecule has 2 N–H and O–H groups in total. The van der Waals surface area contributed by atoms with Gasteiger partial charge in [-0.05, 0) is 49.7 Å². The lowest BCUT2D eigenvalue weighted by Crippen LogP contribution is -2.51. The summed E-state index contributed by atoms with van der Waals surface area (Å²) in [6, 6.07) is 1.77. The maximum absolute atomic E-state index is 12.8. The van der Waals surface area contributed by atoms with Crippen LogP contribution in [0.4, 0.5) is 0 Å². The number of ether oxygens (including phenoxy) is 1. The van der Waals surface area contributed by atoms with E-state index in [-0.39, 0.29) is 11.8 Å². The molecule has 6 nitrogen and oxygen atoms in total. The smallest absolute Gasteiger partial charge is 0.345 e. The number of rotatable bonds is 3. The first-order valence-corrected chi connectivity index (χ1v) is 10.8. The van der Waals surface area contributed by atoms with Gasteiger partial charge in [0.15, 0.2) is 0 Å². The highest BCUT2D eigenvalue weighted by atomic mass is 32.1. The Bertz CT molecular complexity index is 716. The molecule has 1 amide bonds. The van der Waals surface area contributed by atoms with Crippen LogP contribution in [0.15, 0.2) is 6.07 Å². The zero-order valence-corrected chi connectivity index (χ0v) is 16.3. The standard InChI is InChI=1S/C20H27NO5S/c22-16(13-4-2-1-3-5-13)18(23)21-9-7-20(8-10-21)17-14(6-11-26-20)12-15(27-17)19(24)25/h12-13,16,22H,1-11H2,(H,24,25)/t16-/m1/s1. The van der Waals surface area contributed by atoms with Gasteiger partial charge in [0.25, 0.3) is 5.91 Å². The average molecular weight is 394 g/mol. The number of hydrogen-bond acceptors (Lipinski definition) is 5. The fraction of sp³-hybridized carbons (Fsp3) is 0.700. The summed E-state index contributed by atoms with van der Waals surface area (Å²) in [5.41, 5.74) is 0.601. The zero-order valence-electron chi connectivity index (χ0n) is 15.5. The van der Waals surface area contributed by atoms with Crippen LogP contribution >= 0.6 is 11.3 Å². The fourth-order valence-corrected chi connectivity index (χ4v) is 6.08. The lowest BCUT2D eigenvalue weighted by molar-refractivity contribution is -0.151. The number of carboxylic acid groups (broad SMARTS) is 1. The normalized spacial score (nSPS) is 23.8. The monoisotopic (exact) mass is 393 g/mol. The van der Waals surface area contributed by atoms with Gasteiger partial charge in [-0.3, -0.25) is 4.79 Å². The molecule has 0 unspecified atom stereocenters. The Morgan fingerprint density at radius 1 is 1.22 bits per heavy atom. The van der Waals surface area contributed by atoms with Crippen LogP contribution < -0.4 is 0 Å². The van der Waals surface area contributed by atoms with E-state index in [4.69, 9.17) is 4.74 Å². The largest absolute Gasteiger partial charge is 0.477 e. The number of fused-ring (bicyclic) bond motifs is 2. The van der Waals surface area contributed by atoms with Crippen molar-refractivity contribution < 1.29 is 24.5 Å². The molecule has 0 bridgehead atoms. The predicted octanol–water partition coefficient (Wildman–Crippen LogP) is 2.78. The average Bonchev–Trinajstić information content (AvgIpc) is 3.15. The molecule has 2 aliphatic heterocycles. The second-order valence-corrected chi connectivity index (χ2v) is 9.08. The molecule has 7 heteroatoms. The molecule has 1 aromatic heterocycles. The van der Waals surface area contributed by atoms with Crippen LogP contribution in [0.2, 0.25) is 0 Å². The number of carbonyl (C=O) groups excluding carboxylic acids is 1. The Kier molecular flexibility index (Phi) is 5.27. The SMILES string of the molecule is O=C(O)c1cc2c(s1)C1(CCN(C(=O)[C@H](O)C3CCCCC3)CC1)OCC2. The summed E-state index contributed by atoms with van der Waals surface area (Å²) in [6.45, 7) is 1.67. The van der Waals surface area contributed by atoms with Crippen molar-refractivity contribution in [2.24, 2.45) is 5.92 Å². The number of nitrogens with zero attached hydrogens (tertiary/aromatic N) is 1. The van der Waals surface area contributed by atoms with E-state index in [1.807, 2.05) is 0 Å². The van der Waals surface area contributed by atoms with Crippen LogP contribution in [0.25, 0.3) is 0 Å². The Hall–Kier alpha value is -1.44. The van der Waals surface area contributed by atoms with E-state index in [9.17, 15) is 19.8 Å². The fourth-order valence-electron chi connectivity index (χ4n) is 4.83. The number of carboxylic acids is 1. The van der Waals surface area contributed by atoms with Gasteiger partial charge in [0.05, 0.1) is 6.61 Å². The number of amides is 1. The molecule has 148 valence electrons. The zero-order chi connectivity index (χ0) is 19.0. The highest BCUT2D eigenvalue weighted by Crippen LogP contribution is 2.45.